The third kappa shape index (κ3) is 3.78. The van der Waals surface area contributed by atoms with Gasteiger partial charge in [-0.15, -0.1) is 0 Å². The summed E-state index contributed by atoms with van der Waals surface area (Å²) in [7, 11) is 0. The third-order valence-corrected chi connectivity index (χ3v) is 4.00. The molecule has 0 aliphatic rings. The van der Waals surface area contributed by atoms with Crippen LogP contribution in [-0.4, -0.2) is 21.3 Å². The second kappa shape index (κ2) is 6.97. The Morgan fingerprint density at radius 1 is 1.00 bits per heavy atom. The first-order valence-electron chi connectivity index (χ1n) is 7.05. The van der Waals surface area contributed by atoms with Crippen LogP contribution < -0.4 is 5.32 Å². The van der Waals surface area contributed by atoms with Gasteiger partial charge in [0.05, 0.1) is 21.5 Å². The smallest absolute Gasteiger partial charge is 0.277 e. The number of carbonyl (C=O) groups is 1. The molecule has 1 N–H and O–H groups in total. The van der Waals surface area contributed by atoms with Gasteiger partial charge in [-0.25, -0.2) is 0 Å². The van der Waals surface area contributed by atoms with Gasteiger partial charge in [0, 0.05) is 17.7 Å². The zero-order chi connectivity index (χ0) is 16.9. The highest BCUT2D eigenvalue weighted by Gasteiger charge is 2.28. The van der Waals surface area contributed by atoms with Crippen LogP contribution in [0.1, 0.15) is 50.4 Å². The molecule has 0 spiro atoms. The van der Waals surface area contributed by atoms with Crippen LogP contribution in [0.3, 0.4) is 0 Å². The fourth-order valence-corrected chi connectivity index (χ4v) is 2.27. The topological polar surface area (TPSA) is 115 Å². The Bertz CT molecular complexity index is 556. The lowest BCUT2D eigenvalue weighted by Crippen LogP contribution is -2.47. The molecular formula is C14H19N3O5. The Morgan fingerprint density at radius 3 is 1.73 bits per heavy atom. The Kier molecular flexibility index (Phi) is 5.56. The summed E-state index contributed by atoms with van der Waals surface area (Å²) in [6.07, 6.45) is 2.09. The Hall–Kier alpha value is -2.51. The molecule has 0 fully saturated rings. The second-order valence-electron chi connectivity index (χ2n) is 5.05. The van der Waals surface area contributed by atoms with Gasteiger partial charge in [-0.2, -0.15) is 0 Å². The molecule has 0 bridgehead atoms. The highest BCUT2D eigenvalue weighted by atomic mass is 16.6. The average Bonchev–Trinajstić information content (AvgIpc) is 2.52. The molecule has 0 radical (unpaired) electrons. The molecule has 1 aromatic carbocycles. The largest absolute Gasteiger partial charge is 0.347 e. The van der Waals surface area contributed by atoms with E-state index in [4.69, 9.17) is 0 Å². The van der Waals surface area contributed by atoms with Crippen LogP contribution in [0, 0.1) is 20.2 Å². The van der Waals surface area contributed by atoms with Gasteiger partial charge < -0.3 is 5.32 Å². The molecule has 120 valence electrons. The number of benzene rings is 1. The molecular weight excluding hydrogens is 290 g/mol. The van der Waals surface area contributed by atoms with Gasteiger partial charge in [-0.1, -0.05) is 20.8 Å². The number of rotatable bonds is 7. The fraction of sp³-hybridized carbons (Fsp3) is 0.500. The van der Waals surface area contributed by atoms with Crippen molar-refractivity contribution in [1.82, 2.24) is 5.32 Å². The van der Waals surface area contributed by atoms with E-state index >= 15 is 0 Å². The molecule has 0 aromatic heterocycles. The number of carbonyl (C=O) groups excluding carboxylic acids is 1. The van der Waals surface area contributed by atoms with Gasteiger partial charge in [0.25, 0.3) is 17.3 Å². The minimum absolute atomic E-state index is 0.0828. The van der Waals surface area contributed by atoms with Gasteiger partial charge in [0.15, 0.2) is 0 Å². The monoisotopic (exact) mass is 309 g/mol. The molecule has 1 amide bonds. The number of nitro groups is 2. The van der Waals surface area contributed by atoms with Gasteiger partial charge >= 0.3 is 0 Å². The summed E-state index contributed by atoms with van der Waals surface area (Å²) in [5, 5.41) is 24.6. The van der Waals surface area contributed by atoms with E-state index < -0.39 is 32.7 Å². The van der Waals surface area contributed by atoms with E-state index in [1.54, 1.807) is 0 Å². The van der Waals surface area contributed by atoms with Gasteiger partial charge in [0.1, 0.15) is 0 Å². The normalized spacial score (nSPS) is 11.0. The first-order chi connectivity index (χ1) is 10.3. The summed E-state index contributed by atoms with van der Waals surface area (Å²) in [5.74, 6) is -0.544. The summed E-state index contributed by atoms with van der Waals surface area (Å²) in [6.45, 7) is 5.80. The average molecular weight is 309 g/mol. The van der Waals surface area contributed by atoms with E-state index in [2.05, 4.69) is 5.32 Å². The Balaban J connectivity index is 3.22. The Labute approximate surface area is 127 Å². The van der Waals surface area contributed by atoms with E-state index in [9.17, 15) is 25.0 Å². The quantitative estimate of drug-likeness (QED) is 0.613. The second-order valence-corrected chi connectivity index (χ2v) is 5.05. The predicted octanol–water partition coefficient (Wildman–Crippen LogP) is 3.20. The maximum atomic E-state index is 12.3. The molecule has 0 atom stereocenters. The molecule has 8 heteroatoms. The number of nitrogens with zero attached hydrogens (tertiary/aromatic N) is 2. The molecule has 8 nitrogen and oxygen atoms in total. The Morgan fingerprint density at radius 2 is 1.41 bits per heavy atom. The van der Waals surface area contributed by atoms with Crippen molar-refractivity contribution in [3.05, 3.63) is 44.0 Å². The van der Waals surface area contributed by atoms with Crippen molar-refractivity contribution in [2.75, 3.05) is 0 Å². The van der Waals surface area contributed by atoms with Crippen LogP contribution in [0.25, 0.3) is 0 Å². The number of nitro benzene ring substituents is 2. The van der Waals surface area contributed by atoms with Gasteiger partial charge in [0.2, 0.25) is 0 Å². The fourth-order valence-electron chi connectivity index (χ4n) is 2.27. The summed E-state index contributed by atoms with van der Waals surface area (Å²) in [4.78, 5) is 32.5. The van der Waals surface area contributed by atoms with Crippen LogP contribution in [0.4, 0.5) is 11.4 Å². The summed E-state index contributed by atoms with van der Waals surface area (Å²) in [6, 6.07) is 2.94. The van der Waals surface area contributed by atoms with Crippen molar-refractivity contribution in [2.24, 2.45) is 0 Å². The summed E-state index contributed by atoms with van der Waals surface area (Å²) < 4.78 is 0. The first kappa shape index (κ1) is 17.5. The maximum Gasteiger partial charge on any atom is 0.277 e. The standard InChI is InChI=1S/C14H19N3O5/c1-4-14(5-2,6-3)15-13(18)10-7-11(16(19)20)9-12(8-10)17(21)22/h7-9H,4-6H2,1-3H3,(H,15,18). The molecule has 1 rings (SSSR count). The zero-order valence-electron chi connectivity index (χ0n) is 12.8. The molecule has 0 saturated heterocycles. The highest BCUT2D eigenvalue weighted by Crippen LogP contribution is 2.25. The van der Waals surface area contributed by atoms with E-state index in [-0.39, 0.29) is 5.56 Å². The molecule has 1 aromatic rings. The first-order valence-corrected chi connectivity index (χ1v) is 7.05. The summed E-state index contributed by atoms with van der Waals surface area (Å²) in [5.41, 5.74) is -1.46. The molecule has 0 heterocycles. The molecule has 22 heavy (non-hydrogen) atoms. The minimum atomic E-state index is -0.753. The number of hydrogen-bond acceptors (Lipinski definition) is 5. The predicted molar refractivity (Wildman–Crippen MR) is 80.8 cm³/mol. The van der Waals surface area contributed by atoms with E-state index in [0.29, 0.717) is 19.3 Å². The number of amides is 1. The van der Waals surface area contributed by atoms with Crippen LogP contribution >= 0.6 is 0 Å². The van der Waals surface area contributed by atoms with Crippen molar-refractivity contribution < 1.29 is 14.6 Å². The van der Waals surface area contributed by atoms with Crippen molar-refractivity contribution in [2.45, 2.75) is 45.6 Å². The lowest BCUT2D eigenvalue weighted by molar-refractivity contribution is -0.394. The van der Waals surface area contributed by atoms with Crippen LogP contribution in [0.5, 0.6) is 0 Å². The molecule has 0 saturated carbocycles. The van der Waals surface area contributed by atoms with Crippen molar-refractivity contribution in [3.63, 3.8) is 0 Å². The van der Waals surface area contributed by atoms with E-state index in [0.717, 1.165) is 18.2 Å². The highest BCUT2D eigenvalue weighted by molar-refractivity contribution is 5.96. The van der Waals surface area contributed by atoms with E-state index in [1.807, 2.05) is 20.8 Å². The maximum absolute atomic E-state index is 12.3. The van der Waals surface area contributed by atoms with Crippen LogP contribution in [-0.2, 0) is 0 Å². The molecule has 0 unspecified atom stereocenters. The van der Waals surface area contributed by atoms with Crippen molar-refractivity contribution in [1.29, 1.82) is 0 Å². The van der Waals surface area contributed by atoms with E-state index in [1.165, 1.54) is 0 Å². The number of non-ortho nitro benzene ring substituents is 2. The number of nitrogens with one attached hydrogen (secondary N) is 1. The van der Waals surface area contributed by atoms with Crippen molar-refractivity contribution >= 4 is 17.3 Å². The minimum Gasteiger partial charge on any atom is -0.347 e. The van der Waals surface area contributed by atoms with Crippen LogP contribution in [0.15, 0.2) is 18.2 Å². The van der Waals surface area contributed by atoms with Gasteiger partial charge in [-0.05, 0) is 19.3 Å². The number of hydrogen-bond donors (Lipinski definition) is 1. The van der Waals surface area contributed by atoms with Gasteiger partial charge in [-0.3, -0.25) is 25.0 Å². The lowest BCUT2D eigenvalue weighted by atomic mass is 9.89. The lowest BCUT2D eigenvalue weighted by Gasteiger charge is -2.31. The SMILES string of the molecule is CCC(CC)(CC)NC(=O)c1cc([N+](=O)[O-])cc([N+](=O)[O-])c1. The van der Waals surface area contributed by atoms with Crippen LogP contribution in [0.2, 0.25) is 0 Å². The third-order valence-electron chi connectivity index (χ3n) is 4.00. The molecule has 0 aliphatic heterocycles. The summed E-state index contributed by atoms with van der Waals surface area (Å²) >= 11 is 0. The van der Waals surface area contributed by atoms with Crippen molar-refractivity contribution in [3.8, 4) is 0 Å². The molecule has 0 aliphatic carbocycles. The zero-order valence-corrected chi connectivity index (χ0v) is 12.8.